The number of thioether (sulfide) groups is 1. The van der Waals surface area contributed by atoms with Crippen LogP contribution in [0.4, 0.5) is 11.4 Å². The van der Waals surface area contributed by atoms with Crippen LogP contribution in [0.5, 0.6) is 5.75 Å². The molecule has 190 valence electrons. The van der Waals surface area contributed by atoms with Crippen LogP contribution in [-0.2, 0) is 9.59 Å². The highest BCUT2D eigenvalue weighted by atomic mass is 32.2. The Kier molecular flexibility index (Phi) is 10.2. The fourth-order valence-electron chi connectivity index (χ4n) is 3.45. The third-order valence-electron chi connectivity index (χ3n) is 5.41. The minimum absolute atomic E-state index is 0.0133. The number of anilines is 2. The topological polar surface area (TPSA) is 103 Å². The maximum atomic E-state index is 13.1. The fourth-order valence-corrected chi connectivity index (χ4v) is 4.28. The number of para-hydroxylation sites is 1. The van der Waals surface area contributed by atoms with Crippen LogP contribution in [0, 0.1) is 18.3 Å². The molecule has 0 fully saturated rings. The van der Waals surface area contributed by atoms with E-state index in [9.17, 15) is 14.9 Å². The number of carbonyl (C=O) groups is 2. The quantitative estimate of drug-likeness (QED) is 0.221. The Morgan fingerprint density at radius 1 is 0.973 bits per heavy atom. The van der Waals surface area contributed by atoms with Gasteiger partial charge in [0, 0.05) is 11.4 Å². The summed E-state index contributed by atoms with van der Waals surface area (Å²) < 4.78 is 5.49. The highest BCUT2D eigenvalue weighted by Crippen LogP contribution is 2.26. The van der Waals surface area contributed by atoms with E-state index in [-0.39, 0.29) is 28.3 Å². The average Bonchev–Trinajstić information content (AvgIpc) is 2.90. The van der Waals surface area contributed by atoms with Crippen molar-refractivity contribution in [2.24, 2.45) is 0 Å². The molecule has 1 atom stereocenters. The van der Waals surface area contributed by atoms with Crippen molar-refractivity contribution >= 4 is 35.0 Å². The van der Waals surface area contributed by atoms with Crippen LogP contribution in [0.1, 0.15) is 31.0 Å². The van der Waals surface area contributed by atoms with Gasteiger partial charge in [0.15, 0.2) is 0 Å². The summed E-state index contributed by atoms with van der Waals surface area (Å²) >= 11 is 1.09. The maximum Gasteiger partial charge on any atom is 0.269 e. The molecule has 0 heterocycles. The van der Waals surface area contributed by atoms with E-state index >= 15 is 0 Å². The monoisotopic (exact) mass is 514 g/mol. The van der Waals surface area contributed by atoms with Gasteiger partial charge >= 0.3 is 0 Å². The molecule has 3 N–H and O–H groups in total. The molecule has 0 aliphatic heterocycles. The van der Waals surface area contributed by atoms with E-state index in [0.717, 1.165) is 22.9 Å². The number of hydrogen-bond acceptors (Lipinski definition) is 6. The minimum atomic E-state index is -0.559. The summed E-state index contributed by atoms with van der Waals surface area (Å²) in [6, 6.07) is 26.0. The van der Waals surface area contributed by atoms with Crippen LogP contribution in [0.3, 0.4) is 0 Å². The van der Waals surface area contributed by atoms with Gasteiger partial charge in [-0.2, -0.15) is 5.26 Å². The molecule has 0 bridgehead atoms. The molecule has 0 aromatic heterocycles. The van der Waals surface area contributed by atoms with Crippen molar-refractivity contribution in [3.8, 4) is 11.8 Å². The number of hydrogen-bond donors (Lipinski definition) is 3. The zero-order valence-corrected chi connectivity index (χ0v) is 21.9. The van der Waals surface area contributed by atoms with Gasteiger partial charge in [0.25, 0.3) is 5.91 Å². The van der Waals surface area contributed by atoms with Crippen LogP contribution in [0.25, 0.3) is 0 Å². The highest BCUT2D eigenvalue weighted by Gasteiger charge is 2.19. The standard InChI is InChI=1S/C29H30N4O3S/c1-4-36-24-16-14-23(15-17-24)32-29(25(18-30)28(35)33-26-13-9-8-10-20(26)2)37-19-27(34)31-21(3)22-11-6-5-7-12-22/h5-17,21,32H,4,19H2,1-3H3,(H,31,34)(H,33,35)/b29-25-. The van der Waals surface area contributed by atoms with Crippen LogP contribution >= 0.6 is 11.8 Å². The molecule has 3 aromatic carbocycles. The van der Waals surface area contributed by atoms with E-state index in [2.05, 4.69) is 16.0 Å². The minimum Gasteiger partial charge on any atom is -0.494 e. The maximum absolute atomic E-state index is 13.1. The van der Waals surface area contributed by atoms with Gasteiger partial charge in [-0.1, -0.05) is 60.3 Å². The lowest BCUT2D eigenvalue weighted by molar-refractivity contribution is -0.119. The van der Waals surface area contributed by atoms with Gasteiger partial charge in [-0.25, -0.2) is 0 Å². The first-order chi connectivity index (χ1) is 17.9. The molecule has 7 nitrogen and oxygen atoms in total. The van der Waals surface area contributed by atoms with Gasteiger partial charge in [-0.3, -0.25) is 9.59 Å². The van der Waals surface area contributed by atoms with Gasteiger partial charge < -0.3 is 20.7 Å². The van der Waals surface area contributed by atoms with Gasteiger partial charge in [0.2, 0.25) is 5.91 Å². The zero-order valence-electron chi connectivity index (χ0n) is 21.1. The predicted octanol–water partition coefficient (Wildman–Crippen LogP) is 5.79. The largest absolute Gasteiger partial charge is 0.494 e. The lowest BCUT2D eigenvalue weighted by atomic mass is 10.1. The van der Waals surface area contributed by atoms with E-state index in [1.807, 2.05) is 75.4 Å². The molecule has 3 rings (SSSR count). The summed E-state index contributed by atoms with van der Waals surface area (Å²) in [7, 11) is 0. The second kappa shape index (κ2) is 13.8. The molecule has 0 saturated carbocycles. The normalized spacial score (nSPS) is 11.9. The first kappa shape index (κ1) is 27.4. The molecule has 0 radical (unpaired) electrons. The number of carbonyl (C=O) groups excluding carboxylic acids is 2. The van der Waals surface area contributed by atoms with Crippen LogP contribution < -0.4 is 20.7 Å². The van der Waals surface area contributed by atoms with Crippen molar-refractivity contribution in [3.05, 3.63) is 101 Å². The lowest BCUT2D eigenvalue weighted by Gasteiger charge is -2.16. The molecule has 2 amide bonds. The number of rotatable bonds is 11. The molecule has 1 unspecified atom stereocenters. The van der Waals surface area contributed by atoms with E-state index in [1.54, 1.807) is 30.3 Å². The first-order valence-electron chi connectivity index (χ1n) is 11.9. The van der Waals surface area contributed by atoms with Crippen LogP contribution in [0.15, 0.2) is 89.5 Å². The van der Waals surface area contributed by atoms with E-state index in [0.29, 0.717) is 23.7 Å². The molecule has 0 saturated heterocycles. The molecule has 8 heteroatoms. The Morgan fingerprint density at radius 3 is 2.30 bits per heavy atom. The van der Waals surface area contributed by atoms with Gasteiger partial charge in [-0.05, 0) is 62.2 Å². The molecular weight excluding hydrogens is 484 g/mol. The molecule has 3 aromatic rings. The van der Waals surface area contributed by atoms with Crippen LogP contribution in [-0.4, -0.2) is 24.2 Å². The Morgan fingerprint density at radius 2 is 1.65 bits per heavy atom. The van der Waals surface area contributed by atoms with E-state index in [1.165, 1.54) is 0 Å². The summed E-state index contributed by atoms with van der Waals surface area (Å²) in [6.45, 7) is 6.22. The fraction of sp³-hybridized carbons (Fsp3) is 0.207. The Balaban J connectivity index is 1.81. The number of amides is 2. The molecule has 0 spiro atoms. The number of benzene rings is 3. The smallest absolute Gasteiger partial charge is 0.269 e. The van der Waals surface area contributed by atoms with E-state index in [4.69, 9.17) is 4.74 Å². The molecule has 0 aliphatic rings. The van der Waals surface area contributed by atoms with Crippen molar-refractivity contribution in [2.45, 2.75) is 26.8 Å². The van der Waals surface area contributed by atoms with Crippen molar-refractivity contribution in [1.82, 2.24) is 5.32 Å². The van der Waals surface area contributed by atoms with E-state index < -0.39 is 5.91 Å². The van der Waals surface area contributed by atoms with Crippen molar-refractivity contribution in [1.29, 1.82) is 5.26 Å². The number of ether oxygens (including phenoxy) is 1. The summed E-state index contributed by atoms with van der Waals surface area (Å²) in [4.78, 5) is 25.8. The molecule has 37 heavy (non-hydrogen) atoms. The summed E-state index contributed by atoms with van der Waals surface area (Å²) in [5, 5.41) is 19.1. The van der Waals surface area contributed by atoms with Gasteiger partial charge in [0.1, 0.15) is 17.4 Å². The SMILES string of the molecule is CCOc1ccc(N/C(SCC(=O)NC(C)c2ccccc2)=C(\C#N)C(=O)Nc2ccccc2C)cc1. The number of nitrogens with zero attached hydrogens (tertiary/aromatic N) is 1. The van der Waals surface area contributed by atoms with Crippen molar-refractivity contribution < 1.29 is 14.3 Å². The predicted molar refractivity (Wildman–Crippen MR) is 149 cm³/mol. The Labute approximate surface area is 221 Å². The van der Waals surface area contributed by atoms with Crippen molar-refractivity contribution in [2.75, 3.05) is 23.0 Å². The Bertz CT molecular complexity index is 1280. The summed E-state index contributed by atoms with van der Waals surface area (Å²) in [5.41, 5.74) is 3.00. The lowest BCUT2D eigenvalue weighted by Crippen LogP contribution is -2.28. The molecule has 0 aliphatic carbocycles. The zero-order chi connectivity index (χ0) is 26.6. The summed E-state index contributed by atoms with van der Waals surface area (Å²) in [6.07, 6.45) is 0. The number of nitrogens with one attached hydrogen (secondary N) is 3. The molecular formula is C29H30N4O3S. The van der Waals surface area contributed by atoms with Gasteiger partial charge in [0.05, 0.1) is 23.4 Å². The second-order valence-corrected chi connectivity index (χ2v) is 9.14. The highest BCUT2D eigenvalue weighted by molar-refractivity contribution is 8.03. The number of nitriles is 1. The third kappa shape index (κ3) is 8.16. The average molecular weight is 515 g/mol. The Hall–Kier alpha value is -4.22. The number of aryl methyl sites for hydroxylation is 1. The van der Waals surface area contributed by atoms with Crippen molar-refractivity contribution in [3.63, 3.8) is 0 Å². The van der Waals surface area contributed by atoms with Gasteiger partial charge in [-0.15, -0.1) is 0 Å². The summed E-state index contributed by atoms with van der Waals surface area (Å²) in [5.74, 6) is -0.0580. The second-order valence-electron chi connectivity index (χ2n) is 8.16. The van der Waals surface area contributed by atoms with Crippen LogP contribution in [0.2, 0.25) is 0 Å². The first-order valence-corrected chi connectivity index (χ1v) is 12.9. The third-order valence-corrected chi connectivity index (χ3v) is 6.41.